The quantitative estimate of drug-likeness (QED) is 0.847. The number of nitrogens with one attached hydrogen (secondary N) is 1. The predicted octanol–water partition coefficient (Wildman–Crippen LogP) is 1.76. The van der Waals surface area contributed by atoms with Crippen LogP contribution in [0.4, 0.5) is 0 Å². The zero-order chi connectivity index (χ0) is 18.0. The van der Waals surface area contributed by atoms with Gasteiger partial charge in [-0.2, -0.15) is 0 Å². The van der Waals surface area contributed by atoms with Gasteiger partial charge in [0.1, 0.15) is 0 Å². The van der Waals surface area contributed by atoms with Crippen LogP contribution in [0.1, 0.15) is 24.8 Å². The van der Waals surface area contributed by atoms with Crippen LogP contribution in [0.3, 0.4) is 0 Å². The van der Waals surface area contributed by atoms with Crippen LogP contribution in [0.2, 0.25) is 5.02 Å². The number of aliphatic hydroxyl groups is 1. The van der Waals surface area contributed by atoms with E-state index in [1.807, 2.05) is 0 Å². The number of ketones is 1. The van der Waals surface area contributed by atoms with Crippen molar-refractivity contribution in [2.24, 2.45) is 0 Å². The first-order valence-corrected chi connectivity index (χ1v) is 8.61. The zero-order valence-electron chi connectivity index (χ0n) is 13.7. The number of benzene rings is 1. The second-order valence-electron chi connectivity index (χ2n) is 6.29. The van der Waals surface area contributed by atoms with Crippen molar-refractivity contribution < 1.29 is 9.90 Å². The fourth-order valence-corrected chi connectivity index (χ4v) is 3.35. The second-order valence-corrected chi connectivity index (χ2v) is 6.69. The summed E-state index contributed by atoms with van der Waals surface area (Å²) in [5.74, 6) is -0.129. The van der Waals surface area contributed by atoms with Crippen molar-refractivity contribution in [1.82, 2.24) is 14.9 Å². The van der Waals surface area contributed by atoms with Crippen molar-refractivity contribution in [1.29, 1.82) is 0 Å². The average Bonchev–Trinajstić information content (AvgIpc) is 2.59. The SMILES string of the molecule is C=Cc1cc2ncn(CC(=O)C[C@H]3NCCC[C@@H]3O)c(=O)c2cc1Cl. The van der Waals surface area contributed by atoms with E-state index in [-0.39, 0.29) is 30.3 Å². The number of hydrogen-bond acceptors (Lipinski definition) is 5. The Labute approximate surface area is 150 Å². The molecule has 0 bridgehead atoms. The highest BCUT2D eigenvalue weighted by molar-refractivity contribution is 6.32. The summed E-state index contributed by atoms with van der Waals surface area (Å²) in [5, 5.41) is 13.9. The third-order valence-electron chi connectivity index (χ3n) is 4.50. The number of aromatic nitrogens is 2. The summed E-state index contributed by atoms with van der Waals surface area (Å²) in [6, 6.07) is 2.99. The number of carbonyl (C=O) groups excluding carboxylic acids is 1. The summed E-state index contributed by atoms with van der Waals surface area (Å²) < 4.78 is 1.28. The number of nitrogens with zero attached hydrogens (tertiary/aromatic N) is 2. The smallest absolute Gasteiger partial charge is 0.261 e. The Kier molecular flexibility index (Phi) is 5.32. The van der Waals surface area contributed by atoms with E-state index < -0.39 is 6.10 Å². The molecule has 0 spiro atoms. The van der Waals surface area contributed by atoms with Gasteiger partial charge in [-0.1, -0.05) is 24.3 Å². The van der Waals surface area contributed by atoms with Gasteiger partial charge in [0.2, 0.25) is 0 Å². The summed E-state index contributed by atoms with van der Waals surface area (Å²) in [6.45, 7) is 4.39. The lowest BCUT2D eigenvalue weighted by atomic mass is 9.97. The van der Waals surface area contributed by atoms with Crippen molar-refractivity contribution in [2.75, 3.05) is 6.54 Å². The molecule has 1 aliphatic heterocycles. The van der Waals surface area contributed by atoms with Gasteiger partial charge in [-0.3, -0.25) is 14.2 Å². The van der Waals surface area contributed by atoms with Crippen LogP contribution in [0, 0.1) is 0 Å². The van der Waals surface area contributed by atoms with Crippen molar-refractivity contribution in [2.45, 2.75) is 38.0 Å². The molecular weight excluding hydrogens is 342 g/mol. The Morgan fingerprint density at radius 2 is 2.32 bits per heavy atom. The van der Waals surface area contributed by atoms with Crippen LogP contribution in [0.15, 0.2) is 29.8 Å². The van der Waals surface area contributed by atoms with Gasteiger partial charge in [-0.25, -0.2) is 4.98 Å². The number of hydrogen-bond donors (Lipinski definition) is 2. The van der Waals surface area contributed by atoms with Crippen LogP contribution in [0.25, 0.3) is 17.0 Å². The normalized spacial score (nSPS) is 20.6. The fourth-order valence-electron chi connectivity index (χ4n) is 3.11. The number of carbonyl (C=O) groups is 1. The molecule has 0 unspecified atom stereocenters. The molecule has 6 nitrogen and oxygen atoms in total. The van der Waals surface area contributed by atoms with Crippen LogP contribution < -0.4 is 10.9 Å². The first kappa shape index (κ1) is 17.8. The number of Topliss-reactive ketones (excluding diaryl/α,β-unsaturated/α-hetero) is 1. The second kappa shape index (κ2) is 7.47. The number of aliphatic hydroxyl groups excluding tert-OH is 1. The Morgan fingerprint density at radius 3 is 3.04 bits per heavy atom. The molecule has 1 aromatic carbocycles. The van der Waals surface area contributed by atoms with Gasteiger partial charge in [-0.15, -0.1) is 0 Å². The Bertz CT molecular complexity index is 878. The molecule has 1 fully saturated rings. The van der Waals surface area contributed by atoms with Gasteiger partial charge in [0, 0.05) is 17.5 Å². The Morgan fingerprint density at radius 1 is 1.52 bits per heavy atom. The highest BCUT2D eigenvalue weighted by Gasteiger charge is 2.25. The molecule has 2 atom stereocenters. The first-order valence-electron chi connectivity index (χ1n) is 8.24. The fraction of sp³-hybridized carbons (Fsp3) is 0.389. The largest absolute Gasteiger partial charge is 0.391 e. The lowest BCUT2D eigenvalue weighted by Gasteiger charge is -2.28. The molecule has 1 aliphatic rings. The molecule has 0 amide bonds. The first-order chi connectivity index (χ1) is 12.0. The van der Waals surface area contributed by atoms with Gasteiger partial charge in [0.15, 0.2) is 5.78 Å². The molecule has 2 aromatic rings. The number of piperidine rings is 1. The molecule has 3 rings (SSSR count). The van der Waals surface area contributed by atoms with E-state index in [2.05, 4.69) is 16.9 Å². The number of halogens is 1. The maximum Gasteiger partial charge on any atom is 0.261 e. The van der Waals surface area contributed by atoms with Crippen LogP contribution in [-0.4, -0.2) is 39.1 Å². The number of fused-ring (bicyclic) bond motifs is 1. The molecule has 25 heavy (non-hydrogen) atoms. The van der Waals surface area contributed by atoms with Gasteiger partial charge < -0.3 is 10.4 Å². The average molecular weight is 362 g/mol. The summed E-state index contributed by atoms with van der Waals surface area (Å²) in [4.78, 5) is 29.1. The Balaban J connectivity index is 1.81. The molecule has 0 aliphatic carbocycles. The lowest BCUT2D eigenvalue weighted by molar-refractivity contribution is -0.121. The zero-order valence-corrected chi connectivity index (χ0v) is 14.5. The number of rotatable bonds is 5. The van der Waals surface area contributed by atoms with Gasteiger partial charge >= 0.3 is 0 Å². The molecular formula is C18H20ClN3O3. The van der Waals surface area contributed by atoms with Crippen molar-refractivity contribution in [3.05, 3.63) is 46.0 Å². The van der Waals surface area contributed by atoms with Gasteiger partial charge in [0.25, 0.3) is 5.56 Å². The van der Waals surface area contributed by atoms with E-state index in [1.54, 1.807) is 18.2 Å². The monoisotopic (exact) mass is 361 g/mol. The molecule has 1 aromatic heterocycles. The standard InChI is InChI=1S/C18H20ClN3O3/c1-2-11-6-15-13(8-14(11)19)18(25)22(10-21-15)9-12(23)7-16-17(24)4-3-5-20-16/h2,6,8,10,16-17,20,24H,1,3-5,7,9H2/t16-,17+/m1/s1. The summed E-state index contributed by atoms with van der Waals surface area (Å²) in [5.41, 5.74) is 0.901. The van der Waals surface area contributed by atoms with Crippen LogP contribution in [0.5, 0.6) is 0 Å². The molecule has 2 N–H and O–H groups in total. The maximum absolute atomic E-state index is 12.6. The highest BCUT2D eigenvalue weighted by Crippen LogP contribution is 2.21. The minimum Gasteiger partial charge on any atom is -0.391 e. The molecule has 2 heterocycles. The third kappa shape index (κ3) is 3.81. The van der Waals surface area contributed by atoms with E-state index in [1.165, 1.54) is 10.9 Å². The van der Waals surface area contributed by atoms with Crippen molar-refractivity contribution >= 4 is 34.4 Å². The van der Waals surface area contributed by atoms with Crippen molar-refractivity contribution in [3.8, 4) is 0 Å². The third-order valence-corrected chi connectivity index (χ3v) is 4.83. The van der Waals surface area contributed by atoms with E-state index in [0.29, 0.717) is 27.9 Å². The summed E-state index contributed by atoms with van der Waals surface area (Å²) in [7, 11) is 0. The predicted molar refractivity (Wildman–Crippen MR) is 97.8 cm³/mol. The molecule has 132 valence electrons. The van der Waals surface area contributed by atoms with E-state index in [9.17, 15) is 14.7 Å². The van der Waals surface area contributed by atoms with E-state index in [4.69, 9.17) is 11.6 Å². The van der Waals surface area contributed by atoms with Gasteiger partial charge in [-0.05, 0) is 37.1 Å². The van der Waals surface area contributed by atoms with E-state index >= 15 is 0 Å². The molecule has 0 radical (unpaired) electrons. The van der Waals surface area contributed by atoms with E-state index in [0.717, 1.165) is 13.0 Å². The molecule has 0 saturated carbocycles. The lowest BCUT2D eigenvalue weighted by Crippen LogP contribution is -2.46. The van der Waals surface area contributed by atoms with Crippen molar-refractivity contribution in [3.63, 3.8) is 0 Å². The topological polar surface area (TPSA) is 84.2 Å². The summed E-state index contributed by atoms with van der Waals surface area (Å²) in [6.07, 6.45) is 4.21. The minimum atomic E-state index is -0.528. The Hall–Kier alpha value is -2.02. The highest BCUT2D eigenvalue weighted by atomic mass is 35.5. The summed E-state index contributed by atoms with van der Waals surface area (Å²) >= 11 is 6.13. The molecule has 1 saturated heterocycles. The van der Waals surface area contributed by atoms with Crippen LogP contribution in [-0.2, 0) is 11.3 Å². The van der Waals surface area contributed by atoms with Gasteiger partial charge in [0.05, 0.1) is 29.9 Å². The van der Waals surface area contributed by atoms with Crippen LogP contribution >= 0.6 is 11.6 Å². The maximum atomic E-state index is 12.6. The minimum absolute atomic E-state index is 0.0759. The molecule has 7 heteroatoms.